The Hall–Kier alpha value is -2.81. The number of amides is 3. The zero-order valence-corrected chi connectivity index (χ0v) is 16.6. The summed E-state index contributed by atoms with van der Waals surface area (Å²) in [5.74, 6) is -0.385. The van der Waals surface area contributed by atoms with Crippen LogP contribution in [0.3, 0.4) is 0 Å². The lowest BCUT2D eigenvalue weighted by molar-refractivity contribution is -0.117. The highest BCUT2D eigenvalue weighted by Gasteiger charge is 2.52. The zero-order chi connectivity index (χ0) is 19.9. The van der Waals surface area contributed by atoms with Crippen molar-refractivity contribution in [3.63, 3.8) is 0 Å². The van der Waals surface area contributed by atoms with Crippen LogP contribution < -0.4 is 10.2 Å². The van der Waals surface area contributed by atoms with Crippen LogP contribution in [0.1, 0.15) is 48.5 Å². The normalized spacial score (nSPS) is 20.9. The van der Waals surface area contributed by atoms with Crippen molar-refractivity contribution in [2.45, 2.75) is 45.2 Å². The fourth-order valence-electron chi connectivity index (χ4n) is 3.88. The number of aryl methyl sites for hydroxylation is 1. The number of anilines is 2. The number of carbonyl (C=O) groups excluding carboxylic acids is 3. The van der Waals surface area contributed by atoms with Gasteiger partial charge in [0.2, 0.25) is 16.9 Å². The van der Waals surface area contributed by atoms with E-state index in [2.05, 4.69) is 15.5 Å². The van der Waals surface area contributed by atoms with Crippen molar-refractivity contribution >= 4 is 39.9 Å². The molecule has 3 amide bonds. The SMILES string of the molecule is CCc1nnc(NC(=O)CCN2C(=O)c3ccccc3N3C(=O)CCC23C)s1. The first-order valence-electron chi connectivity index (χ1n) is 9.30. The van der Waals surface area contributed by atoms with Crippen LogP contribution in [0.15, 0.2) is 24.3 Å². The van der Waals surface area contributed by atoms with E-state index in [0.717, 1.165) is 11.4 Å². The second-order valence-electron chi connectivity index (χ2n) is 7.07. The summed E-state index contributed by atoms with van der Waals surface area (Å²) in [7, 11) is 0. The van der Waals surface area contributed by atoms with Crippen LogP contribution in [0, 0.1) is 0 Å². The number of hydrogen-bond acceptors (Lipinski definition) is 6. The van der Waals surface area contributed by atoms with Crippen molar-refractivity contribution in [1.29, 1.82) is 0 Å². The highest BCUT2D eigenvalue weighted by Crippen LogP contribution is 2.43. The molecule has 1 aromatic heterocycles. The van der Waals surface area contributed by atoms with E-state index in [4.69, 9.17) is 0 Å². The Bertz CT molecular complexity index is 959. The Morgan fingerprint density at radius 2 is 2.07 bits per heavy atom. The maximum absolute atomic E-state index is 13.1. The standard InChI is InChI=1S/C19H21N5O3S/c1-3-15-21-22-18(28-15)20-14(25)9-11-23-17(27)12-6-4-5-7-13(12)24-16(26)8-10-19(23,24)2/h4-7H,3,8-11H2,1-2H3,(H,20,22,25). The largest absolute Gasteiger partial charge is 0.315 e. The predicted octanol–water partition coefficient (Wildman–Crippen LogP) is 2.43. The van der Waals surface area contributed by atoms with E-state index in [-0.39, 0.29) is 30.7 Å². The number of carbonyl (C=O) groups is 3. The molecule has 1 aromatic carbocycles. The number of hydrogen-bond donors (Lipinski definition) is 1. The van der Waals surface area contributed by atoms with Gasteiger partial charge >= 0.3 is 0 Å². The van der Waals surface area contributed by atoms with E-state index >= 15 is 0 Å². The van der Waals surface area contributed by atoms with Crippen molar-refractivity contribution < 1.29 is 14.4 Å². The molecule has 2 aliphatic rings. The van der Waals surface area contributed by atoms with Crippen molar-refractivity contribution in [2.24, 2.45) is 0 Å². The Morgan fingerprint density at radius 1 is 1.29 bits per heavy atom. The first-order chi connectivity index (χ1) is 13.4. The molecule has 1 fully saturated rings. The minimum Gasteiger partial charge on any atom is -0.315 e. The molecule has 9 heteroatoms. The molecule has 0 aliphatic carbocycles. The van der Waals surface area contributed by atoms with Crippen LogP contribution in [0.5, 0.6) is 0 Å². The third-order valence-corrected chi connectivity index (χ3v) is 6.31. The number of fused-ring (bicyclic) bond motifs is 3. The third-order valence-electron chi connectivity index (χ3n) is 5.32. The van der Waals surface area contributed by atoms with Crippen LogP contribution in [0.2, 0.25) is 0 Å². The van der Waals surface area contributed by atoms with Gasteiger partial charge < -0.3 is 10.2 Å². The van der Waals surface area contributed by atoms with Gasteiger partial charge in [0, 0.05) is 19.4 Å². The number of benzene rings is 1. The molecule has 146 valence electrons. The highest BCUT2D eigenvalue weighted by atomic mass is 32.1. The topological polar surface area (TPSA) is 95.5 Å². The van der Waals surface area contributed by atoms with Gasteiger partial charge in [-0.3, -0.25) is 19.3 Å². The van der Waals surface area contributed by atoms with Gasteiger partial charge in [0.15, 0.2) is 0 Å². The summed E-state index contributed by atoms with van der Waals surface area (Å²) in [6, 6.07) is 7.14. The van der Waals surface area contributed by atoms with Crippen molar-refractivity contribution in [3.8, 4) is 0 Å². The Morgan fingerprint density at radius 3 is 2.82 bits per heavy atom. The van der Waals surface area contributed by atoms with E-state index in [1.165, 1.54) is 11.3 Å². The molecule has 3 heterocycles. The quantitative estimate of drug-likeness (QED) is 0.833. The molecule has 1 saturated heterocycles. The molecule has 8 nitrogen and oxygen atoms in total. The first kappa shape index (κ1) is 18.5. The minimum absolute atomic E-state index is 0.00198. The van der Waals surface area contributed by atoms with Gasteiger partial charge in [-0.05, 0) is 31.9 Å². The summed E-state index contributed by atoms with van der Waals surface area (Å²) in [6.07, 6.45) is 1.80. The number of nitrogens with one attached hydrogen (secondary N) is 1. The second kappa shape index (κ2) is 6.97. The molecule has 0 spiro atoms. The van der Waals surface area contributed by atoms with Crippen LogP contribution in [-0.4, -0.2) is 45.0 Å². The van der Waals surface area contributed by atoms with Gasteiger partial charge in [-0.2, -0.15) is 0 Å². The summed E-state index contributed by atoms with van der Waals surface area (Å²) in [6.45, 7) is 4.09. The van der Waals surface area contributed by atoms with Gasteiger partial charge in [-0.15, -0.1) is 10.2 Å². The summed E-state index contributed by atoms with van der Waals surface area (Å²) in [4.78, 5) is 41.4. The maximum Gasteiger partial charge on any atom is 0.257 e. The Kier molecular flexibility index (Phi) is 4.62. The summed E-state index contributed by atoms with van der Waals surface area (Å²) >= 11 is 1.34. The number of aromatic nitrogens is 2. The zero-order valence-electron chi connectivity index (χ0n) is 15.8. The minimum atomic E-state index is -0.749. The smallest absolute Gasteiger partial charge is 0.257 e. The van der Waals surface area contributed by atoms with Gasteiger partial charge in [0.05, 0.1) is 11.3 Å². The molecular formula is C19H21N5O3S. The Labute approximate surface area is 166 Å². The fourth-order valence-corrected chi connectivity index (χ4v) is 4.58. The molecule has 0 radical (unpaired) electrons. The molecule has 1 N–H and O–H groups in total. The van der Waals surface area contributed by atoms with Crippen molar-refractivity contribution in [3.05, 3.63) is 34.8 Å². The molecule has 2 aliphatic heterocycles. The molecule has 1 unspecified atom stereocenters. The first-order valence-corrected chi connectivity index (χ1v) is 10.1. The second-order valence-corrected chi connectivity index (χ2v) is 8.13. The summed E-state index contributed by atoms with van der Waals surface area (Å²) < 4.78 is 0. The lowest BCUT2D eigenvalue weighted by Gasteiger charge is -2.48. The average Bonchev–Trinajstić information content (AvgIpc) is 3.26. The lowest BCUT2D eigenvalue weighted by atomic mass is 9.98. The molecule has 28 heavy (non-hydrogen) atoms. The van der Waals surface area contributed by atoms with E-state index in [1.807, 2.05) is 19.9 Å². The van der Waals surface area contributed by atoms with Gasteiger partial charge in [0.25, 0.3) is 5.91 Å². The Balaban J connectivity index is 1.53. The summed E-state index contributed by atoms with van der Waals surface area (Å²) in [5.41, 5.74) is 0.396. The molecular weight excluding hydrogens is 378 g/mol. The van der Waals surface area contributed by atoms with Gasteiger partial charge in [0.1, 0.15) is 10.7 Å². The molecule has 0 saturated carbocycles. The third kappa shape index (κ3) is 2.95. The van der Waals surface area contributed by atoms with Crippen LogP contribution in [0.25, 0.3) is 0 Å². The van der Waals surface area contributed by atoms with Crippen molar-refractivity contribution in [1.82, 2.24) is 15.1 Å². The molecule has 2 aromatic rings. The summed E-state index contributed by atoms with van der Waals surface area (Å²) in [5, 5.41) is 12.0. The van der Waals surface area contributed by atoms with Gasteiger partial charge in [-0.1, -0.05) is 30.4 Å². The maximum atomic E-state index is 13.1. The monoisotopic (exact) mass is 399 g/mol. The van der Waals surface area contributed by atoms with E-state index in [0.29, 0.717) is 29.2 Å². The van der Waals surface area contributed by atoms with E-state index in [1.54, 1.807) is 28.0 Å². The molecule has 1 atom stereocenters. The van der Waals surface area contributed by atoms with Crippen LogP contribution in [-0.2, 0) is 16.0 Å². The van der Waals surface area contributed by atoms with E-state index < -0.39 is 5.66 Å². The van der Waals surface area contributed by atoms with Crippen LogP contribution in [0.4, 0.5) is 10.8 Å². The molecule has 4 rings (SSSR count). The predicted molar refractivity (Wildman–Crippen MR) is 105 cm³/mol. The highest BCUT2D eigenvalue weighted by molar-refractivity contribution is 7.15. The molecule has 0 bridgehead atoms. The van der Waals surface area contributed by atoms with Crippen molar-refractivity contribution in [2.75, 3.05) is 16.8 Å². The number of para-hydroxylation sites is 1. The van der Waals surface area contributed by atoms with E-state index in [9.17, 15) is 14.4 Å². The van der Waals surface area contributed by atoms with Crippen LogP contribution >= 0.6 is 11.3 Å². The fraction of sp³-hybridized carbons (Fsp3) is 0.421. The number of nitrogens with zero attached hydrogens (tertiary/aromatic N) is 4. The average molecular weight is 399 g/mol. The van der Waals surface area contributed by atoms with Gasteiger partial charge in [-0.25, -0.2) is 0 Å². The lowest BCUT2D eigenvalue weighted by Crippen LogP contribution is -2.62. The number of rotatable bonds is 5.